The Balaban J connectivity index is 1.18. The highest BCUT2D eigenvalue weighted by atomic mass is 16.5. The molecule has 232 valence electrons. The SMILES string of the molecule is CC(C)N1C(=O)N(CC2CCCCO2)CC12CC1CCC(C2)N1C[C@H]1CN(C(=O)CC(C)(C)C)C[C@@H]1c1ccccc1. The van der Waals surface area contributed by atoms with Crippen molar-refractivity contribution in [1.29, 1.82) is 0 Å². The Bertz CT molecular complexity index is 1100. The molecule has 7 heteroatoms. The van der Waals surface area contributed by atoms with Crippen LogP contribution in [0, 0.1) is 11.3 Å². The van der Waals surface area contributed by atoms with Crippen molar-refractivity contribution < 1.29 is 14.3 Å². The Morgan fingerprint density at radius 1 is 1.00 bits per heavy atom. The minimum atomic E-state index is -0.0779. The summed E-state index contributed by atoms with van der Waals surface area (Å²) in [6.07, 6.45) is 8.74. The van der Waals surface area contributed by atoms with Crippen molar-refractivity contribution in [2.24, 2.45) is 11.3 Å². The molecule has 1 aromatic carbocycles. The van der Waals surface area contributed by atoms with Crippen molar-refractivity contribution in [3.63, 3.8) is 0 Å². The molecule has 5 saturated heterocycles. The van der Waals surface area contributed by atoms with Gasteiger partial charge in [0, 0.05) is 69.8 Å². The maximum Gasteiger partial charge on any atom is 0.320 e. The van der Waals surface area contributed by atoms with Crippen LogP contribution in [0.1, 0.15) is 97.5 Å². The molecule has 5 atom stereocenters. The number of likely N-dealkylation sites (tertiary alicyclic amines) is 1. The van der Waals surface area contributed by atoms with Gasteiger partial charge in [-0.3, -0.25) is 9.69 Å². The van der Waals surface area contributed by atoms with E-state index >= 15 is 0 Å². The highest BCUT2D eigenvalue weighted by molar-refractivity contribution is 5.79. The summed E-state index contributed by atoms with van der Waals surface area (Å²) in [5.41, 5.74) is 1.28. The zero-order valence-corrected chi connectivity index (χ0v) is 26.8. The molecular formula is C35H54N4O3. The third kappa shape index (κ3) is 5.97. The number of fused-ring (bicyclic) bond motifs is 2. The van der Waals surface area contributed by atoms with E-state index < -0.39 is 0 Å². The lowest BCUT2D eigenvalue weighted by Gasteiger charge is -2.50. The van der Waals surface area contributed by atoms with E-state index in [1.165, 1.54) is 24.8 Å². The highest BCUT2D eigenvalue weighted by Crippen LogP contribution is 2.49. The first-order valence-corrected chi connectivity index (χ1v) is 16.8. The van der Waals surface area contributed by atoms with Crippen LogP contribution in [0.3, 0.4) is 0 Å². The number of carbonyl (C=O) groups is 2. The predicted molar refractivity (Wildman–Crippen MR) is 166 cm³/mol. The van der Waals surface area contributed by atoms with Gasteiger partial charge in [-0.05, 0) is 75.7 Å². The third-order valence-electron chi connectivity index (χ3n) is 10.8. The molecule has 5 fully saturated rings. The lowest BCUT2D eigenvalue weighted by Crippen LogP contribution is -2.60. The second kappa shape index (κ2) is 11.8. The van der Waals surface area contributed by atoms with E-state index in [9.17, 15) is 9.59 Å². The van der Waals surface area contributed by atoms with E-state index in [1.54, 1.807) is 0 Å². The van der Waals surface area contributed by atoms with Crippen molar-refractivity contribution in [1.82, 2.24) is 19.6 Å². The third-order valence-corrected chi connectivity index (χ3v) is 10.8. The summed E-state index contributed by atoms with van der Waals surface area (Å²) in [4.78, 5) is 36.5. The summed E-state index contributed by atoms with van der Waals surface area (Å²) in [5, 5.41) is 0. The predicted octanol–water partition coefficient (Wildman–Crippen LogP) is 5.75. The molecule has 0 N–H and O–H groups in total. The normalized spacial score (nSPS) is 33.9. The fourth-order valence-corrected chi connectivity index (χ4v) is 9.17. The fraction of sp³-hybridized carbons (Fsp3) is 0.771. The van der Waals surface area contributed by atoms with E-state index in [4.69, 9.17) is 4.74 Å². The number of amides is 3. The molecular weight excluding hydrogens is 524 g/mol. The molecule has 2 bridgehead atoms. The number of hydrogen-bond acceptors (Lipinski definition) is 4. The van der Waals surface area contributed by atoms with Crippen LogP contribution in [0.2, 0.25) is 0 Å². The molecule has 5 aliphatic heterocycles. The number of urea groups is 1. The Morgan fingerprint density at radius 2 is 1.71 bits per heavy atom. The van der Waals surface area contributed by atoms with Crippen molar-refractivity contribution in [2.45, 2.75) is 122 Å². The quantitative estimate of drug-likeness (QED) is 0.414. The van der Waals surface area contributed by atoms with Crippen LogP contribution in [0.15, 0.2) is 30.3 Å². The molecule has 42 heavy (non-hydrogen) atoms. The standard InChI is InChI=1S/C35H54N4O3/c1-25(2)39-33(41)37(22-30-13-9-10-16-42-30)24-35(39)17-28-14-15-29(18-35)38(28)21-27-20-36(32(40)19-34(3,4)5)23-31(27)26-11-7-6-8-12-26/h6-8,11-12,25,27-31H,9-10,13-24H2,1-5H3/t27-,28?,29?,30?,31-,35?/m1/s1. The average Bonchev–Trinajstić information content (AvgIpc) is 3.55. The van der Waals surface area contributed by atoms with Crippen LogP contribution >= 0.6 is 0 Å². The van der Waals surface area contributed by atoms with E-state index in [0.29, 0.717) is 36.2 Å². The van der Waals surface area contributed by atoms with E-state index in [2.05, 4.69) is 84.6 Å². The number of piperidine rings is 1. The maximum absolute atomic E-state index is 13.8. The second-order valence-corrected chi connectivity index (χ2v) is 15.6. The highest BCUT2D eigenvalue weighted by Gasteiger charge is 2.58. The Kier molecular flexibility index (Phi) is 8.38. The van der Waals surface area contributed by atoms with Crippen molar-refractivity contribution >= 4 is 11.9 Å². The van der Waals surface area contributed by atoms with Crippen LogP contribution in [0.5, 0.6) is 0 Å². The van der Waals surface area contributed by atoms with Gasteiger partial charge in [0.25, 0.3) is 0 Å². The first-order chi connectivity index (χ1) is 20.0. The van der Waals surface area contributed by atoms with Gasteiger partial charge in [0.1, 0.15) is 0 Å². The van der Waals surface area contributed by atoms with Crippen molar-refractivity contribution in [3.05, 3.63) is 35.9 Å². The van der Waals surface area contributed by atoms with Gasteiger partial charge in [-0.1, -0.05) is 51.1 Å². The number of rotatable bonds is 7. The maximum atomic E-state index is 13.8. The molecule has 1 spiro atoms. The van der Waals surface area contributed by atoms with Crippen molar-refractivity contribution in [3.8, 4) is 0 Å². The second-order valence-electron chi connectivity index (χ2n) is 15.6. The minimum absolute atomic E-state index is 0.00426. The van der Waals surface area contributed by atoms with Gasteiger partial charge >= 0.3 is 6.03 Å². The Labute approximate surface area is 253 Å². The van der Waals surface area contributed by atoms with Gasteiger partial charge < -0.3 is 19.4 Å². The number of hydrogen-bond donors (Lipinski definition) is 0. The van der Waals surface area contributed by atoms with Crippen LogP contribution in [0.25, 0.3) is 0 Å². The summed E-state index contributed by atoms with van der Waals surface area (Å²) in [5.74, 6) is 1.10. The van der Waals surface area contributed by atoms with E-state index in [-0.39, 0.29) is 29.1 Å². The number of ether oxygens (including phenoxy) is 1. The lowest BCUT2D eigenvalue weighted by molar-refractivity contribution is -0.132. The molecule has 1 aromatic rings. The summed E-state index contributed by atoms with van der Waals surface area (Å²) in [6.45, 7) is 16.0. The molecule has 0 radical (unpaired) electrons. The van der Waals surface area contributed by atoms with Crippen LogP contribution in [0.4, 0.5) is 4.79 Å². The first-order valence-electron chi connectivity index (χ1n) is 16.8. The van der Waals surface area contributed by atoms with Gasteiger partial charge in [0.05, 0.1) is 11.6 Å². The largest absolute Gasteiger partial charge is 0.376 e. The summed E-state index contributed by atoms with van der Waals surface area (Å²) in [7, 11) is 0. The Morgan fingerprint density at radius 3 is 2.33 bits per heavy atom. The Hall–Kier alpha value is -2.12. The van der Waals surface area contributed by atoms with Crippen LogP contribution < -0.4 is 0 Å². The first kappa shape index (κ1) is 29.9. The van der Waals surface area contributed by atoms with E-state index in [1.807, 2.05) is 0 Å². The molecule has 7 nitrogen and oxygen atoms in total. The van der Waals surface area contributed by atoms with Gasteiger partial charge in [-0.2, -0.15) is 0 Å². The average molecular weight is 579 g/mol. The van der Waals surface area contributed by atoms with Gasteiger partial charge in [-0.25, -0.2) is 4.79 Å². The van der Waals surface area contributed by atoms with Crippen LogP contribution in [-0.4, -0.2) is 101 Å². The summed E-state index contributed by atoms with van der Waals surface area (Å²) < 4.78 is 6.06. The number of nitrogens with zero attached hydrogens (tertiary/aromatic N) is 4. The van der Waals surface area contributed by atoms with Gasteiger partial charge in [0.2, 0.25) is 5.91 Å². The molecule has 6 rings (SSSR count). The smallest absolute Gasteiger partial charge is 0.320 e. The molecule has 3 amide bonds. The monoisotopic (exact) mass is 578 g/mol. The summed E-state index contributed by atoms with van der Waals surface area (Å²) >= 11 is 0. The topological polar surface area (TPSA) is 56.3 Å². The van der Waals surface area contributed by atoms with Gasteiger partial charge in [-0.15, -0.1) is 0 Å². The van der Waals surface area contributed by atoms with E-state index in [0.717, 1.165) is 65.0 Å². The number of carbonyl (C=O) groups excluding carboxylic acids is 2. The van der Waals surface area contributed by atoms with Crippen molar-refractivity contribution in [2.75, 3.05) is 39.3 Å². The zero-order valence-electron chi connectivity index (χ0n) is 26.8. The molecule has 0 aliphatic carbocycles. The fourth-order valence-electron chi connectivity index (χ4n) is 9.17. The molecule has 0 aromatic heterocycles. The molecule has 0 saturated carbocycles. The number of benzene rings is 1. The minimum Gasteiger partial charge on any atom is -0.376 e. The molecule has 3 unspecified atom stereocenters. The summed E-state index contributed by atoms with van der Waals surface area (Å²) in [6, 6.07) is 12.3. The van der Waals surface area contributed by atoms with Crippen LogP contribution in [-0.2, 0) is 9.53 Å². The zero-order chi connectivity index (χ0) is 29.6. The van der Waals surface area contributed by atoms with Gasteiger partial charge in [0.15, 0.2) is 0 Å². The lowest BCUT2D eigenvalue weighted by atomic mass is 9.80. The molecule has 5 heterocycles. The molecule has 5 aliphatic rings.